The Balaban J connectivity index is 2.24. The van der Waals surface area contributed by atoms with Crippen molar-refractivity contribution in [1.29, 1.82) is 0 Å². The fraction of sp³-hybridized carbons (Fsp3) is 0.0714. The third-order valence-corrected chi connectivity index (χ3v) is 3.05. The van der Waals surface area contributed by atoms with Gasteiger partial charge in [0.05, 0.1) is 10.6 Å². The number of carbonyl (C=O) groups is 3. The van der Waals surface area contributed by atoms with Crippen LogP contribution in [0.3, 0.4) is 0 Å². The molecule has 2 N–H and O–H groups in total. The number of anilines is 1. The van der Waals surface area contributed by atoms with E-state index in [4.69, 9.17) is 21.1 Å². The molecule has 0 unspecified atom stereocenters. The normalized spacial score (nSPS) is 10.3. The third kappa shape index (κ3) is 3.15. The van der Waals surface area contributed by atoms with Crippen molar-refractivity contribution in [2.45, 2.75) is 6.92 Å². The number of aryl methyl sites for hydroxylation is 1. The highest BCUT2D eigenvalue weighted by Crippen LogP contribution is 2.21. The lowest BCUT2D eigenvalue weighted by molar-refractivity contribution is -0.131. The van der Waals surface area contributed by atoms with Crippen LogP contribution in [0.1, 0.15) is 26.7 Å². The van der Waals surface area contributed by atoms with Crippen molar-refractivity contribution in [3.8, 4) is 0 Å². The minimum Gasteiger partial charge on any atom is -0.475 e. The Kier molecular flexibility index (Phi) is 4.27. The van der Waals surface area contributed by atoms with E-state index in [0.29, 0.717) is 0 Å². The second-order valence-electron chi connectivity index (χ2n) is 4.30. The summed E-state index contributed by atoms with van der Waals surface area (Å²) in [7, 11) is 0. The first-order valence-electron chi connectivity index (χ1n) is 5.94. The van der Waals surface area contributed by atoms with E-state index >= 15 is 0 Å². The summed E-state index contributed by atoms with van der Waals surface area (Å²) in [4.78, 5) is 33.9. The van der Waals surface area contributed by atoms with E-state index < -0.39 is 29.2 Å². The van der Waals surface area contributed by atoms with E-state index in [-0.39, 0.29) is 22.0 Å². The zero-order valence-electron chi connectivity index (χ0n) is 11.1. The van der Waals surface area contributed by atoms with Crippen molar-refractivity contribution < 1.29 is 28.3 Å². The summed E-state index contributed by atoms with van der Waals surface area (Å²) in [5, 5.41) is 10.9. The molecule has 0 aliphatic carbocycles. The monoisotopic (exact) mass is 325 g/mol. The number of aliphatic carboxylic acids is 1. The van der Waals surface area contributed by atoms with E-state index in [1.165, 1.54) is 19.1 Å². The number of amides is 1. The van der Waals surface area contributed by atoms with Crippen LogP contribution in [0.5, 0.6) is 0 Å². The van der Waals surface area contributed by atoms with Crippen LogP contribution in [-0.4, -0.2) is 22.8 Å². The third-order valence-electron chi connectivity index (χ3n) is 2.76. The molecule has 0 aliphatic heterocycles. The maximum Gasteiger partial charge on any atom is 0.380 e. The Morgan fingerprint density at radius 2 is 1.95 bits per heavy atom. The van der Waals surface area contributed by atoms with Gasteiger partial charge in [-0.2, -0.15) is 0 Å². The van der Waals surface area contributed by atoms with Crippen molar-refractivity contribution in [3.05, 3.63) is 52.2 Å². The summed E-state index contributed by atoms with van der Waals surface area (Å²) in [5.74, 6) is -4.59. The Hall–Kier alpha value is -2.67. The zero-order chi connectivity index (χ0) is 16.4. The van der Waals surface area contributed by atoms with Gasteiger partial charge in [-0.1, -0.05) is 11.6 Å². The van der Waals surface area contributed by atoms with Gasteiger partial charge in [0.1, 0.15) is 11.6 Å². The second kappa shape index (κ2) is 5.98. The highest BCUT2D eigenvalue weighted by Gasteiger charge is 2.23. The molecule has 1 aromatic carbocycles. The highest BCUT2D eigenvalue weighted by atomic mass is 35.5. The molecular weight excluding hydrogens is 317 g/mol. The van der Waals surface area contributed by atoms with Crippen LogP contribution in [0.25, 0.3) is 0 Å². The first kappa shape index (κ1) is 15.7. The summed E-state index contributed by atoms with van der Waals surface area (Å²) >= 11 is 5.60. The molecule has 22 heavy (non-hydrogen) atoms. The number of benzene rings is 1. The number of rotatable bonds is 4. The van der Waals surface area contributed by atoms with E-state index in [1.807, 2.05) is 0 Å². The quantitative estimate of drug-likeness (QED) is 0.665. The van der Waals surface area contributed by atoms with Crippen molar-refractivity contribution in [3.63, 3.8) is 0 Å². The highest BCUT2D eigenvalue weighted by molar-refractivity contribution is 6.39. The number of hydrogen-bond acceptors (Lipinski definition) is 4. The van der Waals surface area contributed by atoms with Gasteiger partial charge in [0.2, 0.25) is 0 Å². The van der Waals surface area contributed by atoms with E-state index in [1.54, 1.807) is 0 Å². The van der Waals surface area contributed by atoms with Crippen molar-refractivity contribution in [1.82, 2.24) is 0 Å². The Labute approximate surface area is 128 Å². The first-order chi connectivity index (χ1) is 10.3. The smallest absolute Gasteiger partial charge is 0.380 e. The molecule has 0 radical (unpaired) electrons. The summed E-state index contributed by atoms with van der Waals surface area (Å²) in [6.07, 6.45) is 0. The van der Waals surface area contributed by atoms with E-state index in [2.05, 4.69) is 5.32 Å². The number of carbonyl (C=O) groups excluding carboxylic acids is 2. The van der Waals surface area contributed by atoms with E-state index in [9.17, 15) is 18.8 Å². The van der Waals surface area contributed by atoms with Gasteiger partial charge in [0.25, 0.3) is 5.91 Å². The average Bonchev–Trinajstić information content (AvgIpc) is 2.84. The van der Waals surface area contributed by atoms with Crippen LogP contribution in [-0.2, 0) is 4.79 Å². The van der Waals surface area contributed by atoms with Crippen molar-refractivity contribution in [2.24, 2.45) is 0 Å². The van der Waals surface area contributed by atoms with Gasteiger partial charge in [-0.25, -0.2) is 9.18 Å². The maximum absolute atomic E-state index is 13.0. The number of ketones is 1. The van der Waals surface area contributed by atoms with Crippen LogP contribution >= 0.6 is 11.6 Å². The lowest BCUT2D eigenvalue weighted by Gasteiger charge is -2.04. The molecule has 6 nitrogen and oxygen atoms in total. The largest absolute Gasteiger partial charge is 0.475 e. The summed E-state index contributed by atoms with van der Waals surface area (Å²) in [6, 6.07) is 4.64. The molecule has 0 atom stereocenters. The topological polar surface area (TPSA) is 96.6 Å². The molecular formula is C14H9ClFNO5. The van der Waals surface area contributed by atoms with Gasteiger partial charge < -0.3 is 14.8 Å². The van der Waals surface area contributed by atoms with Gasteiger partial charge in [0, 0.05) is 11.8 Å². The Morgan fingerprint density at radius 1 is 1.27 bits per heavy atom. The molecule has 0 saturated heterocycles. The first-order valence-corrected chi connectivity index (χ1v) is 6.32. The molecule has 2 rings (SSSR count). The van der Waals surface area contributed by atoms with Crippen LogP contribution < -0.4 is 5.32 Å². The standard InChI is InChI=1S/C14H9ClFNO5/c1-6-8(5-11(22-6)12(18)14(20)21)13(19)17-7-2-3-10(16)9(15)4-7/h2-5H,1H3,(H,17,19)(H,20,21). The molecule has 1 aromatic heterocycles. The number of Topliss-reactive ketones (excluding diaryl/α,β-unsaturated/α-hetero) is 1. The summed E-state index contributed by atoms with van der Waals surface area (Å²) in [6.45, 7) is 1.41. The predicted octanol–water partition coefficient (Wildman–Crippen LogP) is 2.90. The second-order valence-corrected chi connectivity index (χ2v) is 4.71. The number of carboxylic acids is 1. The zero-order valence-corrected chi connectivity index (χ0v) is 11.9. The van der Waals surface area contributed by atoms with Crippen LogP contribution in [0, 0.1) is 12.7 Å². The molecule has 2 aromatic rings. The van der Waals surface area contributed by atoms with Crippen LogP contribution in [0.2, 0.25) is 5.02 Å². The maximum atomic E-state index is 13.0. The number of furan rings is 1. The molecule has 0 bridgehead atoms. The van der Waals surface area contributed by atoms with Crippen LogP contribution in [0.15, 0.2) is 28.7 Å². The van der Waals surface area contributed by atoms with Gasteiger partial charge in [-0.15, -0.1) is 0 Å². The minimum absolute atomic E-state index is 0.00922. The van der Waals surface area contributed by atoms with E-state index in [0.717, 1.165) is 12.1 Å². The molecule has 0 spiro atoms. The average molecular weight is 326 g/mol. The van der Waals surface area contributed by atoms with Gasteiger partial charge in [-0.05, 0) is 25.1 Å². The fourth-order valence-electron chi connectivity index (χ4n) is 1.70. The molecule has 0 fully saturated rings. The van der Waals surface area contributed by atoms with Crippen molar-refractivity contribution in [2.75, 3.05) is 5.32 Å². The summed E-state index contributed by atoms with van der Waals surface area (Å²) in [5.41, 5.74) is 0.230. The minimum atomic E-state index is -1.69. The lowest BCUT2D eigenvalue weighted by Crippen LogP contribution is -2.13. The molecule has 0 saturated carbocycles. The molecule has 114 valence electrons. The van der Waals surface area contributed by atoms with Gasteiger partial charge in [0.15, 0.2) is 5.76 Å². The lowest BCUT2D eigenvalue weighted by atomic mass is 10.2. The summed E-state index contributed by atoms with van der Waals surface area (Å²) < 4.78 is 18.0. The van der Waals surface area contributed by atoms with Gasteiger partial charge in [-0.3, -0.25) is 9.59 Å². The Morgan fingerprint density at radius 3 is 2.55 bits per heavy atom. The number of hydrogen-bond donors (Lipinski definition) is 2. The fourth-order valence-corrected chi connectivity index (χ4v) is 1.88. The Bertz CT molecular complexity index is 784. The number of nitrogens with one attached hydrogen (secondary N) is 1. The predicted molar refractivity (Wildman–Crippen MR) is 74.8 cm³/mol. The number of carboxylic acid groups (broad SMARTS) is 1. The van der Waals surface area contributed by atoms with Crippen LogP contribution in [0.4, 0.5) is 10.1 Å². The molecule has 1 heterocycles. The van der Waals surface area contributed by atoms with Crippen molar-refractivity contribution >= 4 is 34.9 Å². The SMILES string of the molecule is Cc1oc(C(=O)C(=O)O)cc1C(=O)Nc1ccc(F)c(Cl)c1. The molecule has 8 heteroatoms. The number of halogens is 2. The molecule has 0 aliphatic rings. The van der Waals surface area contributed by atoms with Gasteiger partial charge >= 0.3 is 11.8 Å². The molecule has 1 amide bonds.